The number of carbonyl (C=O) groups is 1. The lowest BCUT2D eigenvalue weighted by Gasteiger charge is -2.00. The van der Waals surface area contributed by atoms with Crippen LogP contribution in [0.25, 0.3) is 15.9 Å². The third-order valence-corrected chi connectivity index (χ3v) is 5.14. The zero-order valence-electron chi connectivity index (χ0n) is 15.0. The monoisotopic (exact) mass is 393 g/mol. The van der Waals surface area contributed by atoms with Crippen molar-refractivity contribution in [2.24, 2.45) is 0 Å². The van der Waals surface area contributed by atoms with Crippen LogP contribution in [0.3, 0.4) is 0 Å². The lowest BCUT2D eigenvalue weighted by molar-refractivity contribution is -0.384. The summed E-state index contributed by atoms with van der Waals surface area (Å²) < 4.78 is 2.51. The Balaban J connectivity index is 1.54. The fourth-order valence-corrected chi connectivity index (χ4v) is 3.94. The number of carbonyl (C=O) groups excluding carboxylic acids is 1. The number of rotatable bonds is 4. The van der Waals surface area contributed by atoms with E-state index in [1.807, 2.05) is 19.9 Å². The smallest absolute Gasteiger partial charge is 0.269 e. The van der Waals surface area contributed by atoms with Gasteiger partial charge in [-0.05, 0) is 43.2 Å². The molecule has 1 N–H and O–H groups in total. The molecule has 0 spiro atoms. The number of aryl methyl sites for hydroxylation is 2. The summed E-state index contributed by atoms with van der Waals surface area (Å²) in [6, 6.07) is 10.0. The van der Waals surface area contributed by atoms with Crippen molar-refractivity contribution in [1.82, 2.24) is 14.8 Å². The molecule has 0 bridgehead atoms. The highest BCUT2D eigenvalue weighted by molar-refractivity contribution is 7.22. The average Bonchev–Trinajstić information content (AvgIpc) is 3.29. The van der Waals surface area contributed by atoms with Gasteiger partial charge in [-0.1, -0.05) is 17.4 Å². The van der Waals surface area contributed by atoms with Crippen LogP contribution in [0.2, 0.25) is 0 Å². The van der Waals surface area contributed by atoms with Gasteiger partial charge in [-0.15, -0.1) is 0 Å². The van der Waals surface area contributed by atoms with E-state index in [0.29, 0.717) is 16.4 Å². The van der Waals surface area contributed by atoms with Crippen LogP contribution in [0, 0.1) is 24.0 Å². The molecule has 0 unspecified atom stereocenters. The minimum Gasteiger partial charge on any atom is -0.298 e. The number of amides is 1. The van der Waals surface area contributed by atoms with Crippen LogP contribution >= 0.6 is 11.3 Å². The number of nitrogens with zero attached hydrogens (tertiary/aromatic N) is 4. The van der Waals surface area contributed by atoms with Crippen LogP contribution in [0.4, 0.5) is 10.8 Å². The van der Waals surface area contributed by atoms with E-state index in [9.17, 15) is 14.9 Å². The molecule has 0 atom stereocenters. The van der Waals surface area contributed by atoms with Gasteiger partial charge in [0.05, 0.1) is 32.6 Å². The number of benzene rings is 2. The van der Waals surface area contributed by atoms with Gasteiger partial charge in [0.1, 0.15) is 0 Å². The van der Waals surface area contributed by atoms with E-state index >= 15 is 0 Å². The van der Waals surface area contributed by atoms with Crippen molar-refractivity contribution in [1.29, 1.82) is 0 Å². The summed E-state index contributed by atoms with van der Waals surface area (Å²) in [5.41, 5.74) is 4.08. The number of hydrogen-bond donors (Lipinski definition) is 1. The molecule has 2 aromatic heterocycles. The number of aromatic nitrogens is 3. The third-order valence-electron chi connectivity index (χ3n) is 4.22. The molecule has 0 aliphatic carbocycles. The van der Waals surface area contributed by atoms with Gasteiger partial charge in [0.25, 0.3) is 11.6 Å². The van der Waals surface area contributed by atoms with Gasteiger partial charge in [-0.3, -0.25) is 20.2 Å². The van der Waals surface area contributed by atoms with Crippen LogP contribution in [0.1, 0.15) is 21.5 Å². The van der Waals surface area contributed by atoms with E-state index in [2.05, 4.69) is 21.5 Å². The van der Waals surface area contributed by atoms with Gasteiger partial charge in [-0.25, -0.2) is 9.67 Å². The fourth-order valence-electron chi connectivity index (χ4n) is 2.90. The van der Waals surface area contributed by atoms with Crippen molar-refractivity contribution >= 4 is 38.3 Å². The maximum atomic E-state index is 12.5. The maximum absolute atomic E-state index is 12.5. The predicted octanol–water partition coefficient (Wildman–Crippen LogP) is 4.26. The van der Waals surface area contributed by atoms with Gasteiger partial charge in [0, 0.05) is 18.3 Å². The molecule has 0 radical (unpaired) electrons. The summed E-state index contributed by atoms with van der Waals surface area (Å²) >= 11 is 1.42. The Morgan fingerprint density at radius 3 is 2.68 bits per heavy atom. The van der Waals surface area contributed by atoms with Crippen molar-refractivity contribution < 1.29 is 9.72 Å². The van der Waals surface area contributed by atoms with Crippen molar-refractivity contribution in [3.63, 3.8) is 0 Å². The molecule has 28 heavy (non-hydrogen) atoms. The quantitative estimate of drug-likeness (QED) is 0.412. The summed E-state index contributed by atoms with van der Waals surface area (Å²) in [5, 5.41) is 18.2. The Labute approximate surface area is 163 Å². The van der Waals surface area contributed by atoms with E-state index in [4.69, 9.17) is 0 Å². The third kappa shape index (κ3) is 3.35. The van der Waals surface area contributed by atoms with Crippen LogP contribution in [-0.2, 0) is 0 Å². The second kappa shape index (κ2) is 6.86. The van der Waals surface area contributed by atoms with E-state index in [0.717, 1.165) is 21.3 Å². The first-order valence-electron chi connectivity index (χ1n) is 8.39. The summed E-state index contributed by atoms with van der Waals surface area (Å²) in [6.45, 7) is 4.02. The summed E-state index contributed by atoms with van der Waals surface area (Å²) in [5.74, 6) is -0.318. The lowest BCUT2D eigenvalue weighted by Crippen LogP contribution is -2.10. The number of thiazole rings is 1. The molecule has 140 valence electrons. The van der Waals surface area contributed by atoms with Crippen LogP contribution in [-0.4, -0.2) is 25.6 Å². The average molecular weight is 393 g/mol. The highest BCUT2D eigenvalue weighted by Gasteiger charge is 2.14. The van der Waals surface area contributed by atoms with E-state index < -0.39 is 4.92 Å². The van der Waals surface area contributed by atoms with Crippen LogP contribution in [0.5, 0.6) is 0 Å². The summed E-state index contributed by atoms with van der Waals surface area (Å²) in [4.78, 5) is 27.3. The number of nitro benzene ring substituents is 1. The zero-order valence-corrected chi connectivity index (χ0v) is 15.9. The zero-order chi connectivity index (χ0) is 19.8. The Kier molecular flexibility index (Phi) is 4.36. The number of nitro groups is 1. The Morgan fingerprint density at radius 1 is 1.21 bits per heavy atom. The Bertz CT molecular complexity index is 1210. The van der Waals surface area contributed by atoms with Crippen molar-refractivity contribution in [3.05, 3.63) is 75.6 Å². The number of non-ortho nitro benzene ring substituents is 1. The van der Waals surface area contributed by atoms with E-state index in [1.165, 1.54) is 34.3 Å². The predicted molar refractivity (Wildman–Crippen MR) is 107 cm³/mol. The fraction of sp³-hybridized carbons (Fsp3) is 0.105. The molecular formula is C19H15N5O3S. The molecule has 4 rings (SSSR count). The molecule has 0 saturated heterocycles. The molecular weight excluding hydrogens is 378 g/mol. The SMILES string of the molecule is Cc1cc(C)c2nc(NC(=O)c3cnn(-c4ccc([N+](=O)[O-])cc4)c3)sc2c1. The molecule has 4 aromatic rings. The normalized spacial score (nSPS) is 10.9. The van der Waals surface area contributed by atoms with Crippen LogP contribution < -0.4 is 5.32 Å². The number of fused-ring (bicyclic) bond motifs is 1. The molecule has 0 saturated carbocycles. The Morgan fingerprint density at radius 2 is 1.96 bits per heavy atom. The largest absolute Gasteiger partial charge is 0.298 e. The molecule has 0 aliphatic rings. The molecule has 1 amide bonds. The van der Waals surface area contributed by atoms with Crippen molar-refractivity contribution in [2.45, 2.75) is 13.8 Å². The van der Waals surface area contributed by atoms with E-state index in [1.54, 1.807) is 18.3 Å². The summed E-state index contributed by atoms with van der Waals surface area (Å²) in [7, 11) is 0. The van der Waals surface area contributed by atoms with Gasteiger partial charge >= 0.3 is 0 Å². The first-order chi connectivity index (χ1) is 13.4. The minimum absolute atomic E-state index is 0.00441. The molecule has 8 nitrogen and oxygen atoms in total. The van der Waals surface area contributed by atoms with Gasteiger partial charge < -0.3 is 0 Å². The number of nitrogens with one attached hydrogen (secondary N) is 1. The minimum atomic E-state index is -0.465. The van der Waals surface area contributed by atoms with Gasteiger partial charge in [-0.2, -0.15) is 5.10 Å². The Hall–Kier alpha value is -3.59. The van der Waals surface area contributed by atoms with Crippen molar-refractivity contribution in [2.75, 3.05) is 5.32 Å². The number of hydrogen-bond acceptors (Lipinski definition) is 6. The second-order valence-corrected chi connectivity index (χ2v) is 7.38. The highest BCUT2D eigenvalue weighted by Crippen LogP contribution is 2.29. The molecule has 2 heterocycles. The molecule has 9 heteroatoms. The van der Waals surface area contributed by atoms with Crippen molar-refractivity contribution in [3.8, 4) is 5.69 Å². The van der Waals surface area contributed by atoms with Gasteiger partial charge in [0.15, 0.2) is 5.13 Å². The molecule has 0 fully saturated rings. The standard InChI is InChI=1S/C19H15N5O3S/c1-11-7-12(2)17-16(8-11)28-19(21-17)22-18(25)13-9-20-23(10-13)14-3-5-15(6-4-14)24(26)27/h3-10H,1-2H3,(H,21,22,25). The second-order valence-electron chi connectivity index (χ2n) is 6.35. The molecule has 0 aliphatic heterocycles. The number of anilines is 1. The lowest BCUT2D eigenvalue weighted by atomic mass is 10.1. The first kappa shape index (κ1) is 17.8. The molecule has 2 aromatic carbocycles. The highest BCUT2D eigenvalue weighted by atomic mass is 32.1. The summed E-state index contributed by atoms with van der Waals surface area (Å²) in [6.07, 6.45) is 3.01. The maximum Gasteiger partial charge on any atom is 0.269 e. The van der Waals surface area contributed by atoms with E-state index in [-0.39, 0.29) is 11.6 Å². The van der Waals surface area contributed by atoms with Gasteiger partial charge in [0.2, 0.25) is 0 Å². The topological polar surface area (TPSA) is 103 Å². The first-order valence-corrected chi connectivity index (χ1v) is 9.21. The van der Waals surface area contributed by atoms with Crippen LogP contribution in [0.15, 0.2) is 48.8 Å².